The number of carbonyl (C=O) groups excluding carboxylic acids is 2. The van der Waals surface area contributed by atoms with Crippen LogP contribution in [0.3, 0.4) is 0 Å². The van der Waals surface area contributed by atoms with Crippen molar-refractivity contribution in [1.29, 1.82) is 0 Å². The molecule has 0 aliphatic rings. The summed E-state index contributed by atoms with van der Waals surface area (Å²) in [5.74, 6) is -0.458. The molecule has 0 spiro atoms. The second kappa shape index (κ2) is 8.94. The Balaban J connectivity index is 2.07. The average molecular weight is 375 g/mol. The summed E-state index contributed by atoms with van der Waals surface area (Å²) in [4.78, 5) is 29.3. The van der Waals surface area contributed by atoms with Crippen LogP contribution in [0, 0.1) is 12.8 Å². The maximum absolute atomic E-state index is 12.4. The molecule has 0 aliphatic carbocycles. The van der Waals surface area contributed by atoms with Gasteiger partial charge in [0.15, 0.2) is 6.10 Å². The fourth-order valence-electron chi connectivity index (χ4n) is 2.31. The molecule has 140 valence electrons. The molecule has 0 saturated heterocycles. The van der Waals surface area contributed by atoms with Gasteiger partial charge in [-0.2, -0.15) is 0 Å². The molecule has 1 heterocycles. The van der Waals surface area contributed by atoms with E-state index in [1.807, 2.05) is 26.0 Å². The van der Waals surface area contributed by atoms with E-state index < -0.39 is 12.1 Å². The van der Waals surface area contributed by atoms with Crippen molar-refractivity contribution in [3.63, 3.8) is 0 Å². The first-order chi connectivity index (χ1) is 12.3. The summed E-state index contributed by atoms with van der Waals surface area (Å²) in [6.45, 7) is 10.0. The average Bonchev–Trinajstić information content (AvgIpc) is 3.01. The molecule has 1 aromatic heterocycles. The first-order valence-electron chi connectivity index (χ1n) is 8.87. The van der Waals surface area contributed by atoms with Crippen LogP contribution < -0.4 is 5.32 Å². The molecule has 0 aliphatic heterocycles. The second-order valence-electron chi connectivity index (χ2n) is 6.67. The maximum Gasteiger partial charge on any atom is 0.351 e. The lowest BCUT2D eigenvalue weighted by atomic mass is 10.1. The Bertz CT molecular complexity index is 766. The van der Waals surface area contributed by atoms with Crippen molar-refractivity contribution in [3.05, 3.63) is 40.4 Å². The predicted molar refractivity (Wildman–Crippen MR) is 104 cm³/mol. The van der Waals surface area contributed by atoms with Gasteiger partial charge in [0.05, 0.1) is 5.69 Å². The van der Waals surface area contributed by atoms with Gasteiger partial charge in [-0.05, 0) is 31.7 Å². The zero-order chi connectivity index (χ0) is 19.3. The number of hydrogen-bond acceptors (Lipinski definition) is 5. The van der Waals surface area contributed by atoms with Gasteiger partial charge in [-0.1, -0.05) is 45.0 Å². The molecule has 1 amide bonds. The Morgan fingerprint density at radius 2 is 1.85 bits per heavy atom. The molecule has 5 nitrogen and oxygen atoms in total. The largest absolute Gasteiger partial charge is 0.448 e. The van der Waals surface area contributed by atoms with E-state index in [-0.39, 0.29) is 5.91 Å². The van der Waals surface area contributed by atoms with E-state index in [9.17, 15) is 9.59 Å². The van der Waals surface area contributed by atoms with Crippen LogP contribution in [0.25, 0.3) is 10.6 Å². The van der Waals surface area contributed by atoms with E-state index in [1.165, 1.54) is 16.9 Å². The van der Waals surface area contributed by atoms with Crippen LogP contribution in [0.4, 0.5) is 0 Å². The van der Waals surface area contributed by atoms with Crippen LogP contribution in [0.5, 0.6) is 0 Å². The highest BCUT2D eigenvalue weighted by molar-refractivity contribution is 7.17. The molecular formula is C20H26N2O3S. The van der Waals surface area contributed by atoms with Crippen molar-refractivity contribution in [2.24, 2.45) is 5.92 Å². The lowest BCUT2D eigenvalue weighted by molar-refractivity contribution is -0.129. The minimum atomic E-state index is -0.838. The number of ether oxygens (including phenoxy) is 1. The SMILES string of the molecule is CCc1ccc(-c2nc(C)c(C(=O)O[C@H](C)C(=O)NCC(C)C)s2)cc1. The summed E-state index contributed by atoms with van der Waals surface area (Å²) in [5.41, 5.74) is 2.84. The molecule has 2 rings (SSSR count). The van der Waals surface area contributed by atoms with Crippen LogP contribution in [-0.2, 0) is 16.0 Å². The summed E-state index contributed by atoms with van der Waals surface area (Å²) >= 11 is 1.29. The summed E-state index contributed by atoms with van der Waals surface area (Å²) in [6, 6.07) is 8.14. The number of carbonyl (C=O) groups is 2. The Kier molecular flexibility index (Phi) is 6.91. The smallest absolute Gasteiger partial charge is 0.351 e. The Labute approximate surface area is 158 Å². The monoisotopic (exact) mass is 374 g/mol. The van der Waals surface area contributed by atoms with Crippen molar-refractivity contribution in [3.8, 4) is 10.6 Å². The van der Waals surface area contributed by atoms with Crippen LogP contribution in [0.15, 0.2) is 24.3 Å². The van der Waals surface area contributed by atoms with Gasteiger partial charge >= 0.3 is 5.97 Å². The number of thiazole rings is 1. The molecular weight excluding hydrogens is 348 g/mol. The van der Waals surface area contributed by atoms with Crippen molar-refractivity contribution in [2.45, 2.75) is 47.1 Å². The number of benzene rings is 1. The first kappa shape index (κ1) is 20.1. The number of aromatic nitrogens is 1. The van der Waals surface area contributed by atoms with Crippen molar-refractivity contribution in [1.82, 2.24) is 10.3 Å². The Morgan fingerprint density at radius 3 is 2.42 bits per heavy atom. The molecule has 0 bridgehead atoms. The number of nitrogens with one attached hydrogen (secondary N) is 1. The van der Waals surface area contributed by atoms with E-state index in [0.29, 0.717) is 23.0 Å². The van der Waals surface area contributed by atoms with E-state index in [1.54, 1.807) is 13.8 Å². The zero-order valence-electron chi connectivity index (χ0n) is 16.0. The molecule has 2 aromatic rings. The minimum Gasteiger partial charge on any atom is -0.448 e. The minimum absolute atomic E-state index is 0.287. The topological polar surface area (TPSA) is 68.3 Å². The number of aryl methyl sites for hydroxylation is 2. The van der Waals surface area contributed by atoms with Gasteiger partial charge < -0.3 is 10.1 Å². The number of esters is 1. The van der Waals surface area contributed by atoms with E-state index in [2.05, 4.69) is 29.4 Å². The van der Waals surface area contributed by atoms with Gasteiger partial charge in [0, 0.05) is 12.1 Å². The van der Waals surface area contributed by atoms with Crippen LogP contribution in [0.1, 0.15) is 48.6 Å². The molecule has 0 radical (unpaired) electrons. The molecule has 1 aromatic carbocycles. The van der Waals surface area contributed by atoms with Crippen LogP contribution >= 0.6 is 11.3 Å². The van der Waals surface area contributed by atoms with Crippen LogP contribution in [0.2, 0.25) is 0 Å². The third-order valence-electron chi connectivity index (χ3n) is 3.93. The maximum atomic E-state index is 12.4. The van der Waals surface area contributed by atoms with Gasteiger partial charge in [-0.25, -0.2) is 9.78 Å². The summed E-state index contributed by atoms with van der Waals surface area (Å²) in [5, 5.41) is 3.54. The van der Waals surface area contributed by atoms with E-state index >= 15 is 0 Å². The predicted octanol–water partition coefficient (Wildman–Crippen LogP) is 4.00. The normalized spacial score (nSPS) is 12.1. The van der Waals surface area contributed by atoms with Crippen molar-refractivity contribution in [2.75, 3.05) is 6.54 Å². The summed E-state index contributed by atoms with van der Waals surface area (Å²) in [6.07, 6.45) is 0.140. The number of nitrogens with zero attached hydrogens (tertiary/aromatic N) is 1. The summed E-state index contributed by atoms with van der Waals surface area (Å²) in [7, 11) is 0. The number of amides is 1. The quantitative estimate of drug-likeness (QED) is 0.744. The van der Waals surface area contributed by atoms with Crippen molar-refractivity contribution < 1.29 is 14.3 Å². The lowest BCUT2D eigenvalue weighted by Gasteiger charge is -2.14. The standard InChI is InChI=1S/C20H26N2O3S/c1-6-15-7-9-16(10-8-15)19-22-13(4)17(26-19)20(24)25-14(5)18(23)21-11-12(2)3/h7-10,12,14H,6,11H2,1-5H3,(H,21,23)/t14-/m1/s1. The number of hydrogen-bond donors (Lipinski definition) is 1. The fourth-order valence-corrected chi connectivity index (χ4v) is 3.26. The zero-order valence-corrected chi connectivity index (χ0v) is 16.8. The molecule has 0 saturated carbocycles. The highest BCUT2D eigenvalue weighted by atomic mass is 32.1. The molecule has 1 N–H and O–H groups in total. The molecule has 26 heavy (non-hydrogen) atoms. The lowest BCUT2D eigenvalue weighted by Crippen LogP contribution is -2.37. The van der Waals surface area contributed by atoms with E-state index in [0.717, 1.165) is 17.0 Å². The van der Waals surface area contributed by atoms with Gasteiger partial charge in [0.2, 0.25) is 0 Å². The fraction of sp³-hybridized carbons (Fsp3) is 0.450. The Morgan fingerprint density at radius 1 is 1.19 bits per heavy atom. The second-order valence-corrected chi connectivity index (χ2v) is 7.67. The molecule has 1 atom stereocenters. The third kappa shape index (κ3) is 5.14. The Hall–Kier alpha value is -2.21. The third-order valence-corrected chi connectivity index (χ3v) is 5.12. The number of rotatable bonds is 7. The molecule has 0 unspecified atom stereocenters. The highest BCUT2D eigenvalue weighted by Gasteiger charge is 2.23. The van der Waals surface area contributed by atoms with Crippen LogP contribution in [-0.4, -0.2) is 29.5 Å². The molecule has 6 heteroatoms. The van der Waals surface area contributed by atoms with Gasteiger partial charge in [0.25, 0.3) is 5.91 Å². The van der Waals surface area contributed by atoms with Gasteiger partial charge in [-0.3, -0.25) is 4.79 Å². The highest BCUT2D eigenvalue weighted by Crippen LogP contribution is 2.29. The first-order valence-corrected chi connectivity index (χ1v) is 9.68. The van der Waals surface area contributed by atoms with Gasteiger partial charge in [0.1, 0.15) is 9.88 Å². The summed E-state index contributed by atoms with van der Waals surface area (Å²) < 4.78 is 5.32. The molecule has 0 fully saturated rings. The van der Waals surface area contributed by atoms with E-state index in [4.69, 9.17) is 4.74 Å². The van der Waals surface area contributed by atoms with Crippen molar-refractivity contribution >= 4 is 23.2 Å². The van der Waals surface area contributed by atoms with Gasteiger partial charge in [-0.15, -0.1) is 11.3 Å².